The van der Waals surface area contributed by atoms with Crippen LogP contribution in [0.4, 0.5) is 16.1 Å². The molecule has 0 spiro atoms. The number of nitrogens with zero attached hydrogens (tertiary/aromatic N) is 4. The fourth-order valence-electron chi connectivity index (χ4n) is 5.90. The number of carbonyl (C=O) groups is 1. The highest BCUT2D eigenvalue weighted by molar-refractivity contribution is 5.96. The molecule has 1 saturated heterocycles. The monoisotopic (exact) mass is 624 g/mol. The number of fused-ring (bicyclic) bond motifs is 4. The lowest BCUT2D eigenvalue weighted by Gasteiger charge is -2.30. The molecule has 0 bridgehead atoms. The maximum absolute atomic E-state index is 14.4. The SMILES string of the molecule is CCOCCOCCOCCOCCC(=O)n1c2c(c3ccc(F)cc31)CN(c1ccc3oc(N4CCOCC4)nc3c1)CC2. The Hall–Kier alpha value is -3.55. The van der Waals surface area contributed by atoms with Crippen LogP contribution in [0.25, 0.3) is 22.0 Å². The number of anilines is 2. The molecule has 11 nitrogen and oxygen atoms in total. The molecular weight excluding hydrogens is 583 g/mol. The minimum Gasteiger partial charge on any atom is -0.423 e. The van der Waals surface area contributed by atoms with Crippen molar-refractivity contribution in [2.45, 2.75) is 26.3 Å². The molecule has 6 rings (SSSR count). The second kappa shape index (κ2) is 15.2. The van der Waals surface area contributed by atoms with Gasteiger partial charge in [0.25, 0.3) is 6.01 Å². The molecule has 0 aliphatic carbocycles. The second-order valence-electron chi connectivity index (χ2n) is 11.0. The van der Waals surface area contributed by atoms with Crippen molar-refractivity contribution in [1.29, 1.82) is 0 Å². The summed E-state index contributed by atoms with van der Waals surface area (Å²) in [6.45, 7) is 9.91. The first-order valence-electron chi connectivity index (χ1n) is 15.8. The smallest absolute Gasteiger partial charge is 0.298 e. The van der Waals surface area contributed by atoms with Gasteiger partial charge in [0.1, 0.15) is 11.3 Å². The number of carbonyl (C=O) groups excluding carboxylic acids is 1. The molecular formula is C33H41FN4O7. The largest absolute Gasteiger partial charge is 0.423 e. The third kappa shape index (κ3) is 7.47. The second-order valence-corrected chi connectivity index (χ2v) is 11.0. The van der Waals surface area contributed by atoms with Gasteiger partial charge < -0.3 is 37.9 Å². The van der Waals surface area contributed by atoms with Gasteiger partial charge in [0, 0.05) is 61.5 Å². The van der Waals surface area contributed by atoms with Crippen LogP contribution in [0.3, 0.4) is 0 Å². The van der Waals surface area contributed by atoms with Crippen LogP contribution in [0.2, 0.25) is 0 Å². The third-order valence-electron chi connectivity index (χ3n) is 8.15. The number of rotatable bonds is 15. The van der Waals surface area contributed by atoms with Crippen molar-refractivity contribution in [3.8, 4) is 0 Å². The Morgan fingerprint density at radius 2 is 1.62 bits per heavy atom. The highest BCUT2D eigenvalue weighted by Crippen LogP contribution is 2.35. The molecule has 45 heavy (non-hydrogen) atoms. The summed E-state index contributed by atoms with van der Waals surface area (Å²) >= 11 is 0. The number of oxazole rings is 1. The zero-order chi connectivity index (χ0) is 31.0. The lowest BCUT2D eigenvalue weighted by atomic mass is 10.0. The van der Waals surface area contributed by atoms with E-state index < -0.39 is 0 Å². The van der Waals surface area contributed by atoms with Crippen LogP contribution in [0.1, 0.15) is 29.4 Å². The molecule has 12 heteroatoms. The number of hydrogen-bond donors (Lipinski definition) is 0. The fraction of sp³-hybridized carbons (Fsp3) is 0.515. The van der Waals surface area contributed by atoms with Gasteiger partial charge in [0.05, 0.1) is 71.4 Å². The highest BCUT2D eigenvalue weighted by Gasteiger charge is 2.27. The fourth-order valence-corrected chi connectivity index (χ4v) is 5.90. The minimum absolute atomic E-state index is 0.108. The molecule has 2 aliphatic heterocycles. The molecule has 2 aromatic carbocycles. The number of halogens is 1. The molecule has 0 amide bonds. The Kier molecular flexibility index (Phi) is 10.6. The number of benzene rings is 2. The van der Waals surface area contributed by atoms with Gasteiger partial charge in [-0.05, 0) is 43.3 Å². The van der Waals surface area contributed by atoms with Crippen LogP contribution in [-0.2, 0) is 36.6 Å². The molecule has 0 atom stereocenters. The lowest BCUT2D eigenvalue weighted by Crippen LogP contribution is -2.36. The predicted octanol–water partition coefficient (Wildman–Crippen LogP) is 4.44. The first kappa shape index (κ1) is 31.4. The van der Waals surface area contributed by atoms with E-state index in [1.54, 1.807) is 10.6 Å². The molecule has 0 unspecified atom stereocenters. The zero-order valence-corrected chi connectivity index (χ0v) is 25.8. The summed E-state index contributed by atoms with van der Waals surface area (Å²) in [4.78, 5) is 22.6. The Labute approximate surface area is 261 Å². The Morgan fingerprint density at radius 3 is 2.38 bits per heavy atom. The van der Waals surface area contributed by atoms with Crippen molar-refractivity contribution in [1.82, 2.24) is 9.55 Å². The van der Waals surface area contributed by atoms with Crippen LogP contribution in [0.5, 0.6) is 0 Å². The molecule has 4 heterocycles. The summed E-state index contributed by atoms with van der Waals surface area (Å²) in [6.07, 6.45) is 0.833. The average molecular weight is 625 g/mol. The van der Waals surface area contributed by atoms with Gasteiger partial charge >= 0.3 is 0 Å². The molecule has 242 valence electrons. The first-order valence-corrected chi connectivity index (χ1v) is 15.8. The van der Waals surface area contributed by atoms with Crippen molar-refractivity contribution in [2.24, 2.45) is 0 Å². The van der Waals surface area contributed by atoms with Gasteiger partial charge in [0.15, 0.2) is 5.58 Å². The number of aromatic nitrogens is 2. The van der Waals surface area contributed by atoms with Crippen LogP contribution < -0.4 is 9.80 Å². The summed E-state index contributed by atoms with van der Waals surface area (Å²) in [5, 5.41) is 0.888. The van der Waals surface area contributed by atoms with Gasteiger partial charge in [-0.1, -0.05) is 0 Å². The zero-order valence-electron chi connectivity index (χ0n) is 25.8. The summed E-state index contributed by atoms with van der Waals surface area (Å²) in [5.74, 6) is -0.477. The molecule has 0 N–H and O–H groups in total. The Balaban J connectivity index is 1.07. The van der Waals surface area contributed by atoms with E-state index in [2.05, 4.69) is 15.9 Å². The van der Waals surface area contributed by atoms with Crippen molar-refractivity contribution >= 4 is 39.6 Å². The molecule has 4 aromatic rings. The quantitative estimate of drug-likeness (QED) is 0.177. The Morgan fingerprint density at radius 1 is 0.889 bits per heavy atom. The summed E-state index contributed by atoms with van der Waals surface area (Å²) in [7, 11) is 0. The number of ether oxygens (including phenoxy) is 5. The number of hydrogen-bond acceptors (Lipinski definition) is 10. The average Bonchev–Trinajstić information content (AvgIpc) is 3.63. The summed E-state index contributed by atoms with van der Waals surface area (Å²) in [6, 6.07) is 11.4. The van der Waals surface area contributed by atoms with Crippen LogP contribution in [-0.4, -0.2) is 101 Å². The van der Waals surface area contributed by atoms with E-state index in [-0.39, 0.29) is 24.8 Å². The van der Waals surface area contributed by atoms with E-state index in [4.69, 9.17) is 33.1 Å². The predicted molar refractivity (Wildman–Crippen MR) is 168 cm³/mol. The number of morpholine rings is 1. The van der Waals surface area contributed by atoms with Gasteiger partial charge in [-0.15, -0.1) is 0 Å². The third-order valence-corrected chi connectivity index (χ3v) is 8.15. The van der Waals surface area contributed by atoms with Crippen LogP contribution in [0.15, 0.2) is 40.8 Å². The Bertz CT molecular complexity index is 1580. The summed E-state index contributed by atoms with van der Waals surface area (Å²) in [5.41, 5.74) is 5.14. The highest BCUT2D eigenvalue weighted by atomic mass is 19.1. The van der Waals surface area contributed by atoms with Crippen molar-refractivity contribution < 1.29 is 37.3 Å². The standard InChI is InChI=1S/C33H41FN4O7/c1-2-40-15-16-43-19-20-44-18-17-41-12-8-32(39)38-29-7-9-37(23-27(29)26-5-3-24(34)21-30(26)38)25-4-6-31-28(22-25)35-33(45-31)36-10-13-42-14-11-36/h3-6,21-22H,2,7-20,23H2,1H3. The minimum atomic E-state index is -0.369. The van der Waals surface area contributed by atoms with E-state index in [1.807, 2.05) is 19.1 Å². The van der Waals surface area contributed by atoms with E-state index in [1.165, 1.54) is 12.1 Å². The van der Waals surface area contributed by atoms with E-state index in [0.29, 0.717) is 90.5 Å². The van der Waals surface area contributed by atoms with Gasteiger partial charge in [-0.2, -0.15) is 4.98 Å². The molecule has 0 radical (unpaired) electrons. The first-order chi connectivity index (χ1) is 22.1. The van der Waals surface area contributed by atoms with Crippen molar-refractivity contribution in [3.05, 3.63) is 53.5 Å². The van der Waals surface area contributed by atoms with Gasteiger partial charge in [-0.25, -0.2) is 4.39 Å². The normalized spacial score (nSPS) is 15.3. The summed E-state index contributed by atoms with van der Waals surface area (Å²) < 4.78 is 49.4. The van der Waals surface area contributed by atoms with Crippen molar-refractivity contribution in [3.63, 3.8) is 0 Å². The molecule has 1 fully saturated rings. The van der Waals surface area contributed by atoms with Gasteiger partial charge in [0.2, 0.25) is 5.91 Å². The van der Waals surface area contributed by atoms with E-state index in [0.717, 1.165) is 46.5 Å². The maximum atomic E-state index is 14.4. The molecule has 2 aliphatic rings. The molecule has 2 aromatic heterocycles. The maximum Gasteiger partial charge on any atom is 0.298 e. The topological polar surface area (TPSA) is 101 Å². The van der Waals surface area contributed by atoms with E-state index in [9.17, 15) is 9.18 Å². The molecule has 0 saturated carbocycles. The van der Waals surface area contributed by atoms with Gasteiger partial charge in [-0.3, -0.25) is 9.36 Å². The van der Waals surface area contributed by atoms with E-state index >= 15 is 0 Å². The van der Waals surface area contributed by atoms with Crippen molar-refractivity contribution in [2.75, 3.05) is 95.5 Å². The van der Waals surface area contributed by atoms with Crippen LogP contribution in [0, 0.1) is 5.82 Å². The lowest BCUT2D eigenvalue weighted by molar-refractivity contribution is -0.000623. The van der Waals surface area contributed by atoms with Crippen LogP contribution >= 0.6 is 0 Å².